The predicted molar refractivity (Wildman–Crippen MR) is 99.5 cm³/mol. The third-order valence-electron chi connectivity index (χ3n) is 3.58. The van der Waals surface area contributed by atoms with E-state index < -0.39 is 10.9 Å². The molecule has 0 atom stereocenters. The quantitative estimate of drug-likeness (QED) is 0.347. The van der Waals surface area contributed by atoms with Crippen molar-refractivity contribution in [2.75, 3.05) is 0 Å². The molecule has 0 N–H and O–H groups in total. The molecule has 0 aliphatic rings. The lowest BCUT2D eigenvalue weighted by atomic mass is 10.2. The van der Waals surface area contributed by atoms with Crippen molar-refractivity contribution in [2.45, 2.75) is 13.5 Å². The second kappa shape index (κ2) is 7.63. The van der Waals surface area contributed by atoms with Gasteiger partial charge in [-0.25, -0.2) is 9.78 Å². The van der Waals surface area contributed by atoms with E-state index in [1.807, 2.05) is 31.2 Å². The van der Waals surface area contributed by atoms with E-state index in [0.717, 1.165) is 22.2 Å². The summed E-state index contributed by atoms with van der Waals surface area (Å²) in [6.07, 6.45) is 0. The minimum Gasteiger partial charge on any atom is -0.456 e. The van der Waals surface area contributed by atoms with Gasteiger partial charge in [0.2, 0.25) is 0 Å². The largest absolute Gasteiger partial charge is 0.456 e. The number of aryl methyl sites for hydroxylation is 1. The molecule has 132 valence electrons. The average molecular weight is 389 g/mol. The summed E-state index contributed by atoms with van der Waals surface area (Å²) in [5, 5.41) is 13.5. The Labute approximate surface area is 158 Å². The van der Waals surface area contributed by atoms with Gasteiger partial charge in [0.1, 0.15) is 11.6 Å². The first-order valence-corrected chi connectivity index (χ1v) is 8.82. The maximum atomic E-state index is 12.2. The van der Waals surface area contributed by atoms with Crippen LogP contribution in [0.4, 0.5) is 5.69 Å². The highest BCUT2D eigenvalue weighted by molar-refractivity contribution is 7.13. The van der Waals surface area contributed by atoms with Gasteiger partial charge in [-0.1, -0.05) is 41.4 Å². The van der Waals surface area contributed by atoms with Crippen LogP contribution >= 0.6 is 22.9 Å². The molecule has 1 aromatic heterocycles. The van der Waals surface area contributed by atoms with Crippen molar-refractivity contribution in [1.29, 1.82) is 0 Å². The highest BCUT2D eigenvalue weighted by atomic mass is 35.5. The molecule has 0 radical (unpaired) electrons. The molecule has 0 spiro atoms. The maximum absolute atomic E-state index is 12.2. The van der Waals surface area contributed by atoms with Crippen molar-refractivity contribution >= 4 is 34.6 Å². The highest BCUT2D eigenvalue weighted by Crippen LogP contribution is 2.26. The van der Waals surface area contributed by atoms with E-state index in [2.05, 4.69) is 4.98 Å². The third kappa shape index (κ3) is 4.07. The average Bonchev–Trinajstić information content (AvgIpc) is 3.09. The van der Waals surface area contributed by atoms with Crippen LogP contribution in [-0.2, 0) is 11.3 Å². The normalized spacial score (nSPS) is 10.5. The van der Waals surface area contributed by atoms with Crippen molar-refractivity contribution in [1.82, 2.24) is 4.98 Å². The molecular weight excluding hydrogens is 376 g/mol. The van der Waals surface area contributed by atoms with Crippen LogP contribution in [0.25, 0.3) is 10.6 Å². The number of ether oxygens (including phenoxy) is 1. The van der Waals surface area contributed by atoms with Crippen LogP contribution in [0.1, 0.15) is 21.6 Å². The van der Waals surface area contributed by atoms with Gasteiger partial charge in [-0.15, -0.1) is 11.3 Å². The first-order valence-electron chi connectivity index (χ1n) is 7.56. The van der Waals surface area contributed by atoms with E-state index in [4.69, 9.17) is 16.3 Å². The fourth-order valence-electron chi connectivity index (χ4n) is 2.20. The lowest BCUT2D eigenvalue weighted by Gasteiger charge is -2.05. The number of thiazole rings is 1. The number of carbonyl (C=O) groups excluding carboxylic acids is 1. The zero-order chi connectivity index (χ0) is 18.7. The molecule has 0 fully saturated rings. The van der Waals surface area contributed by atoms with E-state index in [1.54, 1.807) is 5.38 Å². The number of non-ortho nitro benzene ring substituents is 1. The van der Waals surface area contributed by atoms with Gasteiger partial charge in [0, 0.05) is 23.1 Å². The number of benzene rings is 2. The Morgan fingerprint density at radius 2 is 2.00 bits per heavy atom. The van der Waals surface area contributed by atoms with Crippen molar-refractivity contribution in [3.05, 3.63) is 79.8 Å². The first-order chi connectivity index (χ1) is 12.4. The Kier molecular flexibility index (Phi) is 5.29. The summed E-state index contributed by atoms with van der Waals surface area (Å²) in [7, 11) is 0. The smallest absolute Gasteiger partial charge is 0.340 e. The number of aromatic nitrogens is 1. The first kappa shape index (κ1) is 18.0. The lowest BCUT2D eigenvalue weighted by Crippen LogP contribution is -2.07. The van der Waals surface area contributed by atoms with E-state index in [9.17, 15) is 14.9 Å². The number of hydrogen-bond acceptors (Lipinski definition) is 6. The minimum absolute atomic E-state index is 0.0415. The van der Waals surface area contributed by atoms with Gasteiger partial charge in [0.05, 0.1) is 21.2 Å². The fraction of sp³-hybridized carbons (Fsp3) is 0.111. The molecule has 0 unspecified atom stereocenters. The van der Waals surface area contributed by atoms with Gasteiger partial charge >= 0.3 is 5.97 Å². The van der Waals surface area contributed by atoms with Crippen LogP contribution in [0.15, 0.2) is 47.8 Å². The van der Waals surface area contributed by atoms with Crippen LogP contribution in [0.5, 0.6) is 0 Å². The Morgan fingerprint density at radius 3 is 2.69 bits per heavy atom. The molecule has 2 aromatic carbocycles. The van der Waals surface area contributed by atoms with Gasteiger partial charge in [-0.2, -0.15) is 0 Å². The summed E-state index contributed by atoms with van der Waals surface area (Å²) in [4.78, 5) is 26.8. The SMILES string of the molecule is Cc1ccc(-c2nc(COC(=O)c3cc([N+](=O)[O-])ccc3Cl)cs2)cc1. The second-order valence-electron chi connectivity index (χ2n) is 5.51. The predicted octanol–water partition coefficient (Wildman–Crippen LogP) is 5.04. The van der Waals surface area contributed by atoms with E-state index in [1.165, 1.54) is 23.5 Å². The molecule has 0 aliphatic carbocycles. The Bertz CT molecular complexity index is 970. The van der Waals surface area contributed by atoms with Gasteiger partial charge in [-0.3, -0.25) is 10.1 Å². The summed E-state index contributed by atoms with van der Waals surface area (Å²) < 4.78 is 5.20. The molecular formula is C18H13ClN2O4S. The molecule has 1 heterocycles. The summed E-state index contributed by atoms with van der Waals surface area (Å²) in [6.45, 7) is 1.97. The number of nitrogens with zero attached hydrogens (tertiary/aromatic N) is 2. The van der Waals surface area contributed by atoms with Crippen LogP contribution in [0.2, 0.25) is 5.02 Å². The molecule has 6 nitrogen and oxygen atoms in total. The number of halogens is 1. The number of nitro benzene ring substituents is 1. The Balaban J connectivity index is 1.70. The zero-order valence-electron chi connectivity index (χ0n) is 13.6. The monoisotopic (exact) mass is 388 g/mol. The number of esters is 1. The van der Waals surface area contributed by atoms with Gasteiger partial charge in [-0.05, 0) is 13.0 Å². The topological polar surface area (TPSA) is 82.3 Å². The number of nitro groups is 1. The van der Waals surface area contributed by atoms with Crippen molar-refractivity contribution < 1.29 is 14.5 Å². The van der Waals surface area contributed by atoms with Gasteiger partial charge in [0.25, 0.3) is 5.69 Å². The third-order valence-corrected chi connectivity index (χ3v) is 4.85. The molecule has 3 aromatic rings. The summed E-state index contributed by atoms with van der Waals surface area (Å²) in [6, 6.07) is 11.6. The Hall–Kier alpha value is -2.77. The number of carbonyl (C=O) groups is 1. The Morgan fingerprint density at radius 1 is 1.27 bits per heavy atom. The maximum Gasteiger partial charge on any atom is 0.340 e. The standard InChI is InChI=1S/C18H13ClN2O4S/c1-11-2-4-12(5-3-11)17-20-13(10-26-17)9-25-18(22)15-8-14(21(23)24)6-7-16(15)19/h2-8,10H,9H2,1H3. The molecule has 0 amide bonds. The number of hydrogen-bond donors (Lipinski definition) is 0. The summed E-state index contributed by atoms with van der Waals surface area (Å²) in [5.41, 5.74) is 2.47. The van der Waals surface area contributed by atoms with Gasteiger partial charge in [0.15, 0.2) is 0 Å². The highest BCUT2D eigenvalue weighted by Gasteiger charge is 2.17. The van der Waals surface area contributed by atoms with Crippen LogP contribution in [0, 0.1) is 17.0 Å². The molecule has 8 heteroatoms. The van der Waals surface area contributed by atoms with Crippen molar-refractivity contribution in [3.8, 4) is 10.6 Å². The molecule has 3 rings (SSSR count). The molecule has 26 heavy (non-hydrogen) atoms. The molecule has 0 saturated carbocycles. The summed E-state index contributed by atoms with van der Waals surface area (Å²) >= 11 is 7.39. The van der Waals surface area contributed by atoms with Gasteiger partial charge < -0.3 is 4.74 Å². The minimum atomic E-state index is -0.733. The zero-order valence-corrected chi connectivity index (χ0v) is 15.2. The van der Waals surface area contributed by atoms with Crippen LogP contribution in [-0.4, -0.2) is 15.9 Å². The van der Waals surface area contributed by atoms with Crippen LogP contribution < -0.4 is 0 Å². The molecule has 0 bridgehead atoms. The van der Waals surface area contributed by atoms with Crippen molar-refractivity contribution in [2.24, 2.45) is 0 Å². The van der Waals surface area contributed by atoms with Crippen LogP contribution in [0.3, 0.4) is 0 Å². The van der Waals surface area contributed by atoms with E-state index >= 15 is 0 Å². The second-order valence-corrected chi connectivity index (χ2v) is 6.77. The van der Waals surface area contributed by atoms with E-state index in [0.29, 0.717) is 5.69 Å². The lowest BCUT2D eigenvalue weighted by molar-refractivity contribution is -0.384. The van der Waals surface area contributed by atoms with Crippen molar-refractivity contribution in [3.63, 3.8) is 0 Å². The fourth-order valence-corrected chi connectivity index (χ4v) is 3.21. The molecule has 0 aliphatic heterocycles. The molecule has 0 saturated heterocycles. The summed E-state index contributed by atoms with van der Waals surface area (Å²) in [5.74, 6) is -0.733. The number of rotatable bonds is 5. The van der Waals surface area contributed by atoms with E-state index in [-0.39, 0.29) is 22.9 Å².